The highest BCUT2D eigenvalue weighted by atomic mass is 16.5. The maximum Gasteiger partial charge on any atom is 0.233 e. The highest BCUT2D eigenvalue weighted by molar-refractivity contribution is 5.88. The fourth-order valence-corrected chi connectivity index (χ4v) is 5.66. The van der Waals surface area contributed by atoms with Crippen molar-refractivity contribution in [3.05, 3.63) is 78.1 Å². The van der Waals surface area contributed by atoms with Crippen molar-refractivity contribution in [1.29, 1.82) is 0 Å². The second-order valence-corrected chi connectivity index (χ2v) is 9.37. The normalized spacial score (nSPS) is 21.2. The van der Waals surface area contributed by atoms with E-state index in [2.05, 4.69) is 58.4 Å². The number of rotatable bonds is 4. The fraction of sp³-hybridized carbons (Fsp3) is 0.429. The molecule has 2 aromatic carbocycles. The number of benzene rings is 2. The van der Waals surface area contributed by atoms with E-state index < -0.39 is 5.41 Å². The van der Waals surface area contributed by atoms with Crippen LogP contribution in [0.3, 0.4) is 0 Å². The van der Waals surface area contributed by atoms with Gasteiger partial charge in [0.15, 0.2) is 0 Å². The Kier molecular flexibility index (Phi) is 6.22. The van der Waals surface area contributed by atoms with Gasteiger partial charge in [0.05, 0.1) is 5.41 Å². The Morgan fingerprint density at radius 1 is 1.00 bits per heavy atom. The van der Waals surface area contributed by atoms with Gasteiger partial charge >= 0.3 is 0 Å². The molecule has 4 heteroatoms. The lowest BCUT2D eigenvalue weighted by molar-refractivity contribution is -0.141. The predicted molar refractivity (Wildman–Crippen MR) is 128 cm³/mol. The Balaban J connectivity index is 1.32. The number of fused-ring (bicyclic) bond motifs is 1. The highest BCUT2D eigenvalue weighted by Gasteiger charge is 2.44. The molecule has 0 radical (unpaired) electrons. The lowest BCUT2D eigenvalue weighted by Crippen LogP contribution is -2.50. The maximum atomic E-state index is 13.9. The first-order valence-corrected chi connectivity index (χ1v) is 12.0. The van der Waals surface area contributed by atoms with Crippen LogP contribution in [0.25, 0.3) is 10.8 Å². The first-order chi connectivity index (χ1) is 15.8. The molecule has 2 aliphatic heterocycles. The van der Waals surface area contributed by atoms with Crippen LogP contribution in [0.2, 0.25) is 0 Å². The number of nitrogens with zero attached hydrogens (tertiary/aromatic N) is 2. The van der Waals surface area contributed by atoms with Gasteiger partial charge in [0.2, 0.25) is 5.91 Å². The number of likely N-dealkylation sites (tertiary alicyclic amines) is 1. The van der Waals surface area contributed by atoms with E-state index in [1.165, 1.54) is 22.8 Å². The SMILES string of the molecule is O=C(N1CCCC(Cc2cccc3cnccc23)CC1)C1(c2ccccc2)CCOCC1. The molecule has 2 saturated heterocycles. The Bertz CT molecular complexity index is 1050. The van der Waals surface area contributed by atoms with Gasteiger partial charge in [-0.25, -0.2) is 0 Å². The molecule has 3 aromatic rings. The molecule has 32 heavy (non-hydrogen) atoms. The van der Waals surface area contributed by atoms with Crippen molar-refractivity contribution < 1.29 is 9.53 Å². The second kappa shape index (κ2) is 9.41. The molecule has 0 N–H and O–H groups in total. The van der Waals surface area contributed by atoms with Gasteiger partial charge < -0.3 is 9.64 Å². The number of carbonyl (C=O) groups excluding carboxylic acids is 1. The summed E-state index contributed by atoms with van der Waals surface area (Å²) in [6, 6.07) is 19.0. The number of hydrogen-bond donors (Lipinski definition) is 0. The van der Waals surface area contributed by atoms with E-state index in [-0.39, 0.29) is 0 Å². The summed E-state index contributed by atoms with van der Waals surface area (Å²) < 4.78 is 5.65. The van der Waals surface area contributed by atoms with Crippen LogP contribution in [-0.4, -0.2) is 42.1 Å². The molecule has 0 aliphatic carbocycles. The average molecular weight is 429 g/mol. The lowest BCUT2D eigenvalue weighted by atomic mass is 9.73. The van der Waals surface area contributed by atoms with E-state index in [0.29, 0.717) is 25.0 Å². The third-order valence-corrected chi connectivity index (χ3v) is 7.50. The van der Waals surface area contributed by atoms with Crippen LogP contribution < -0.4 is 0 Å². The molecule has 0 bridgehead atoms. The van der Waals surface area contributed by atoms with E-state index in [1.54, 1.807) is 0 Å². The Morgan fingerprint density at radius 2 is 1.84 bits per heavy atom. The Hall–Kier alpha value is -2.72. The van der Waals surface area contributed by atoms with Gasteiger partial charge in [-0.1, -0.05) is 48.5 Å². The molecule has 5 rings (SSSR count). The average Bonchev–Trinajstić information content (AvgIpc) is 3.10. The van der Waals surface area contributed by atoms with Crippen molar-refractivity contribution in [1.82, 2.24) is 9.88 Å². The number of carbonyl (C=O) groups is 1. The van der Waals surface area contributed by atoms with Gasteiger partial charge in [-0.15, -0.1) is 0 Å². The van der Waals surface area contributed by atoms with Crippen LogP contribution in [0, 0.1) is 5.92 Å². The fourth-order valence-electron chi connectivity index (χ4n) is 5.66. The lowest BCUT2D eigenvalue weighted by Gasteiger charge is -2.40. The summed E-state index contributed by atoms with van der Waals surface area (Å²) in [4.78, 5) is 20.4. The summed E-state index contributed by atoms with van der Waals surface area (Å²) in [5.74, 6) is 0.915. The van der Waals surface area contributed by atoms with E-state index in [0.717, 1.165) is 50.8 Å². The van der Waals surface area contributed by atoms with E-state index in [9.17, 15) is 4.79 Å². The minimum atomic E-state index is -0.429. The monoisotopic (exact) mass is 428 g/mol. The topological polar surface area (TPSA) is 42.4 Å². The molecule has 1 amide bonds. The second-order valence-electron chi connectivity index (χ2n) is 9.37. The van der Waals surface area contributed by atoms with Crippen molar-refractivity contribution in [2.75, 3.05) is 26.3 Å². The zero-order valence-corrected chi connectivity index (χ0v) is 18.7. The third kappa shape index (κ3) is 4.16. The maximum absolute atomic E-state index is 13.9. The zero-order chi connectivity index (χ0) is 21.8. The summed E-state index contributed by atoms with van der Waals surface area (Å²) in [6.07, 6.45) is 9.77. The van der Waals surface area contributed by atoms with Crippen molar-refractivity contribution >= 4 is 16.7 Å². The van der Waals surface area contributed by atoms with Gasteiger partial charge in [-0.2, -0.15) is 0 Å². The van der Waals surface area contributed by atoms with Crippen LogP contribution in [0.1, 0.15) is 43.2 Å². The van der Waals surface area contributed by atoms with Crippen LogP contribution in [0.15, 0.2) is 67.0 Å². The summed E-state index contributed by atoms with van der Waals surface area (Å²) in [5, 5.41) is 2.52. The van der Waals surface area contributed by atoms with Gasteiger partial charge in [0.1, 0.15) is 0 Å². The van der Waals surface area contributed by atoms with Crippen molar-refractivity contribution in [3.8, 4) is 0 Å². The first-order valence-electron chi connectivity index (χ1n) is 12.0. The summed E-state index contributed by atoms with van der Waals surface area (Å²) >= 11 is 0. The molecule has 1 aromatic heterocycles. The van der Waals surface area contributed by atoms with Gasteiger partial charge in [-0.05, 0) is 67.0 Å². The van der Waals surface area contributed by atoms with E-state index >= 15 is 0 Å². The number of hydrogen-bond acceptors (Lipinski definition) is 3. The summed E-state index contributed by atoms with van der Waals surface area (Å²) in [6.45, 7) is 3.04. The molecule has 2 fully saturated rings. The number of pyridine rings is 1. The minimum absolute atomic E-state index is 0.309. The molecule has 166 valence electrons. The van der Waals surface area contributed by atoms with Gasteiger partial charge in [-0.3, -0.25) is 9.78 Å². The molecule has 4 nitrogen and oxygen atoms in total. The van der Waals surface area contributed by atoms with Crippen LogP contribution in [0.5, 0.6) is 0 Å². The number of aromatic nitrogens is 1. The summed E-state index contributed by atoms with van der Waals surface area (Å²) in [7, 11) is 0. The molecular formula is C28H32N2O2. The number of ether oxygens (including phenoxy) is 1. The summed E-state index contributed by atoms with van der Waals surface area (Å²) in [5.41, 5.74) is 2.13. The standard InChI is InChI=1S/C28H32N2O2/c31-27(28(13-18-32-19-14-28)25-9-2-1-3-10-25)30-16-5-6-22(12-17-30)20-23-7-4-8-24-21-29-15-11-26(23)24/h1-4,7-11,15,21-22H,5-6,12-14,16-20H2. The quantitative estimate of drug-likeness (QED) is 0.577. The van der Waals surface area contributed by atoms with Gasteiger partial charge in [0.25, 0.3) is 0 Å². The molecule has 2 aliphatic rings. The Morgan fingerprint density at radius 3 is 2.69 bits per heavy atom. The first kappa shape index (κ1) is 21.1. The van der Waals surface area contributed by atoms with Crippen LogP contribution in [0.4, 0.5) is 0 Å². The molecule has 0 saturated carbocycles. The third-order valence-electron chi connectivity index (χ3n) is 7.50. The molecular weight excluding hydrogens is 396 g/mol. The highest BCUT2D eigenvalue weighted by Crippen LogP contribution is 2.38. The van der Waals surface area contributed by atoms with E-state index in [4.69, 9.17) is 4.74 Å². The van der Waals surface area contributed by atoms with Crippen molar-refractivity contribution in [3.63, 3.8) is 0 Å². The van der Waals surface area contributed by atoms with E-state index in [1.807, 2.05) is 18.5 Å². The smallest absolute Gasteiger partial charge is 0.233 e. The van der Waals surface area contributed by atoms with Crippen molar-refractivity contribution in [2.45, 2.75) is 43.9 Å². The minimum Gasteiger partial charge on any atom is -0.381 e. The van der Waals surface area contributed by atoms with Crippen molar-refractivity contribution in [2.24, 2.45) is 5.92 Å². The van der Waals surface area contributed by atoms with Crippen LogP contribution >= 0.6 is 0 Å². The predicted octanol–water partition coefficient (Wildman–Crippen LogP) is 5.15. The number of amides is 1. The molecule has 0 spiro atoms. The largest absolute Gasteiger partial charge is 0.381 e. The Labute approximate surface area is 190 Å². The zero-order valence-electron chi connectivity index (χ0n) is 18.7. The van der Waals surface area contributed by atoms with Gasteiger partial charge in [0, 0.05) is 44.1 Å². The molecule has 1 atom stereocenters. The molecule has 3 heterocycles. The van der Waals surface area contributed by atoms with Crippen LogP contribution in [-0.2, 0) is 21.4 Å². The molecule has 1 unspecified atom stereocenters.